The van der Waals surface area contributed by atoms with Crippen LogP contribution in [-0.4, -0.2) is 12.0 Å². The zero-order valence-electron chi connectivity index (χ0n) is 16.2. The third kappa shape index (κ3) is 5.25. The lowest BCUT2D eigenvalue weighted by molar-refractivity contribution is -0.128. The Bertz CT molecular complexity index is 735. The summed E-state index contributed by atoms with van der Waals surface area (Å²) in [7, 11) is 0. The molecule has 4 heteroatoms. The summed E-state index contributed by atoms with van der Waals surface area (Å²) in [5, 5.41) is 3.54. The number of hydrogen-bond donors (Lipinski definition) is 1. The number of amides is 1. The van der Waals surface area contributed by atoms with E-state index in [1.165, 1.54) is 5.56 Å². The van der Waals surface area contributed by atoms with Crippen molar-refractivity contribution in [3.8, 4) is 5.75 Å². The van der Waals surface area contributed by atoms with Crippen LogP contribution in [0.4, 0.5) is 0 Å². The van der Waals surface area contributed by atoms with Crippen LogP contribution in [0, 0.1) is 0 Å². The zero-order chi connectivity index (χ0) is 19.3. The molecule has 26 heavy (non-hydrogen) atoms. The van der Waals surface area contributed by atoms with Crippen LogP contribution in [0.5, 0.6) is 5.75 Å². The first-order valence-corrected chi connectivity index (χ1v) is 9.42. The Balaban J connectivity index is 2.03. The van der Waals surface area contributed by atoms with E-state index in [1.54, 1.807) is 12.1 Å². The molecule has 0 fully saturated rings. The average Bonchev–Trinajstić information content (AvgIpc) is 2.60. The summed E-state index contributed by atoms with van der Waals surface area (Å²) < 4.78 is 5.81. The molecule has 2 aromatic rings. The van der Waals surface area contributed by atoms with Gasteiger partial charge in [0.2, 0.25) is 0 Å². The Labute approximate surface area is 161 Å². The van der Waals surface area contributed by atoms with Gasteiger partial charge in [-0.25, -0.2) is 0 Å². The van der Waals surface area contributed by atoms with E-state index in [0.29, 0.717) is 17.2 Å². The van der Waals surface area contributed by atoms with Gasteiger partial charge in [-0.3, -0.25) is 4.79 Å². The standard InChI is InChI=1S/C22H28ClNO2/c1-6-19(26-20-10-8-7-9-18(20)23)21(25)24-15(2)16-11-13-17(14-12-16)22(3,4)5/h7-15,19H,6H2,1-5H3,(H,24,25)/t15-,19+/m0/s1. The molecule has 0 aromatic heterocycles. The van der Waals surface area contributed by atoms with Gasteiger partial charge >= 0.3 is 0 Å². The van der Waals surface area contributed by atoms with Crippen molar-refractivity contribution in [3.05, 3.63) is 64.7 Å². The summed E-state index contributed by atoms with van der Waals surface area (Å²) in [6.07, 6.45) is -0.0154. The van der Waals surface area contributed by atoms with Crippen LogP contribution in [0.3, 0.4) is 0 Å². The first-order valence-electron chi connectivity index (χ1n) is 9.04. The molecule has 0 radical (unpaired) electrons. The van der Waals surface area contributed by atoms with Gasteiger partial charge in [-0.05, 0) is 42.0 Å². The number of rotatable bonds is 6. The molecule has 0 saturated carbocycles. The molecule has 0 unspecified atom stereocenters. The van der Waals surface area contributed by atoms with Crippen LogP contribution in [0.15, 0.2) is 48.5 Å². The van der Waals surface area contributed by atoms with Crippen molar-refractivity contribution in [2.45, 2.75) is 58.6 Å². The van der Waals surface area contributed by atoms with Gasteiger partial charge in [0.15, 0.2) is 6.10 Å². The minimum atomic E-state index is -0.578. The third-order valence-corrected chi connectivity index (χ3v) is 4.72. The molecule has 2 rings (SSSR count). The summed E-state index contributed by atoms with van der Waals surface area (Å²) in [5.41, 5.74) is 2.45. The molecule has 1 amide bonds. The molecule has 2 aromatic carbocycles. The van der Waals surface area contributed by atoms with Crippen LogP contribution in [-0.2, 0) is 10.2 Å². The maximum Gasteiger partial charge on any atom is 0.261 e. The van der Waals surface area contributed by atoms with Crippen LogP contribution in [0.25, 0.3) is 0 Å². The monoisotopic (exact) mass is 373 g/mol. The van der Waals surface area contributed by atoms with Crippen LogP contribution >= 0.6 is 11.6 Å². The smallest absolute Gasteiger partial charge is 0.261 e. The Morgan fingerprint density at radius 1 is 1.12 bits per heavy atom. The number of hydrogen-bond acceptors (Lipinski definition) is 2. The third-order valence-electron chi connectivity index (χ3n) is 4.40. The normalized spacial score (nSPS) is 13.8. The van der Waals surface area contributed by atoms with Gasteiger partial charge in [0.05, 0.1) is 11.1 Å². The highest BCUT2D eigenvalue weighted by molar-refractivity contribution is 6.32. The van der Waals surface area contributed by atoms with E-state index in [1.807, 2.05) is 26.0 Å². The highest BCUT2D eigenvalue weighted by Crippen LogP contribution is 2.26. The summed E-state index contributed by atoms with van der Waals surface area (Å²) in [6, 6.07) is 15.5. The fourth-order valence-electron chi connectivity index (χ4n) is 2.68. The van der Waals surface area contributed by atoms with Gasteiger partial charge in [0, 0.05) is 0 Å². The number of halogens is 1. The van der Waals surface area contributed by atoms with E-state index in [4.69, 9.17) is 16.3 Å². The van der Waals surface area contributed by atoms with Crippen LogP contribution < -0.4 is 10.1 Å². The van der Waals surface area contributed by atoms with Crippen molar-refractivity contribution < 1.29 is 9.53 Å². The summed E-state index contributed by atoms with van der Waals surface area (Å²) in [5.74, 6) is 0.387. The minimum absolute atomic E-state index is 0.0968. The second-order valence-electron chi connectivity index (χ2n) is 7.55. The van der Waals surface area contributed by atoms with Crippen LogP contribution in [0.2, 0.25) is 5.02 Å². The molecule has 0 heterocycles. The fourth-order valence-corrected chi connectivity index (χ4v) is 2.86. The highest BCUT2D eigenvalue weighted by Gasteiger charge is 2.22. The second-order valence-corrected chi connectivity index (χ2v) is 7.95. The Morgan fingerprint density at radius 3 is 2.27 bits per heavy atom. The lowest BCUT2D eigenvalue weighted by atomic mass is 9.86. The van der Waals surface area contributed by atoms with E-state index in [0.717, 1.165) is 5.56 Å². The SMILES string of the molecule is CC[C@@H](Oc1ccccc1Cl)C(=O)N[C@@H](C)c1ccc(C(C)(C)C)cc1. The molecule has 0 aliphatic carbocycles. The average molecular weight is 374 g/mol. The highest BCUT2D eigenvalue weighted by atomic mass is 35.5. The first kappa shape index (κ1) is 20.3. The van der Waals surface area contributed by atoms with E-state index >= 15 is 0 Å². The van der Waals surface area contributed by atoms with Gasteiger partial charge in [-0.1, -0.05) is 75.7 Å². The molecule has 0 aliphatic rings. The summed E-state index contributed by atoms with van der Waals surface area (Å²) in [6.45, 7) is 10.5. The Hall–Kier alpha value is -2.00. The predicted octanol–water partition coefficient (Wildman–Crippen LogP) is 5.67. The van der Waals surface area contributed by atoms with Crippen LogP contribution in [0.1, 0.15) is 58.2 Å². The van der Waals surface area contributed by atoms with E-state index < -0.39 is 6.10 Å². The first-order chi connectivity index (χ1) is 12.2. The van der Waals surface area contributed by atoms with Crippen molar-refractivity contribution in [3.63, 3.8) is 0 Å². The summed E-state index contributed by atoms with van der Waals surface area (Å²) in [4.78, 5) is 12.6. The molecule has 0 aliphatic heterocycles. The van der Waals surface area contributed by atoms with Crippen molar-refractivity contribution in [2.75, 3.05) is 0 Å². The van der Waals surface area contributed by atoms with Gasteiger partial charge in [0.1, 0.15) is 5.75 Å². The molecular weight excluding hydrogens is 346 g/mol. The molecule has 0 saturated heterocycles. The van der Waals surface area contributed by atoms with Crippen molar-refractivity contribution >= 4 is 17.5 Å². The summed E-state index contributed by atoms with van der Waals surface area (Å²) >= 11 is 6.13. The van der Waals surface area contributed by atoms with Crippen molar-refractivity contribution in [1.29, 1.82) is 0 Å². The maximum absolute atomic E-state index is 12.6. The second kappa shape index (κ2) is 8.59. The lowest BCUT2D eigenvalue weighted by Gasteiger charge is -2.23. The number of para-hydroxylation sites is 1. The predicted molar refractivity (Wildman–Crippen MR) is 108 cm³/mol. The number of nitrogens with one attached hydrogen (secondary N) is 1. The van der Waals surface area contributed by atoms with Crippen molar-refractivity contribution in [2.24, 2.45) is 0 Å². The Morgan fingerprint density at radius 2 is 1.73 bits per heavy atom. The molecule has 0 spiro atoms. The van der Waals surface area contributed by atoms with Crippen molar-refractivity contribution in [1.82, 2.24) is 5.32 Å². The number of benzene rings is 2. The minimum Gasteiger partial charge on any atom is -0.479 e. The topological polar surface area (TPSA) is 38.3 Å². The van der Waals surface area contributed by atoms with E-state index in [9.17, 15) is 4.79 Å². The zero-order valence-corrected chi connectivity index (χ0v) is 16.9. The van der Waals surface area contributed by atoms with Gasteiger partial charge < -0.3 is 10.1 Å². The van der Waals surface area contributed by atoms with E-state index in [2.05, 4.69) is 50.4 Å². The number of ether oxygens (including phenoxy) is 1. The molecule has 3 nitrogen and oxygen atoms in total. The number of carbonyl (C=O) groups excluding carboxylic acids is 1. The lowest BCUT2D eigenvalue weighted by Crippen LogP contribution is -2.39. The molecule has 0 bridgehead atoms. The van der Waals surface area contributed by atoms with Gasteiger partial charge in [-0.15, -0.1) is 0 Å². The fraction of sp³-hybridized carbons (Fsp3) is 0.409. The largest absolute Gasteiger partial charge is 0.479 e. The van der Waals surface area contributed by atoms with E-state index in [-0.39, 0.29) is 17.4 Å². The quantitative estimate of drug-likeness (QED) is 0.708. The van der Waals surface area contributed by atoms with Gasteiger partial charge in [-0.2, -0.15) is 0 Å². The molecule has 2 atom stereocenters. The Kier molecular flexibility index (Phi) is 6.71. The molecular formula is C22H28ClNO2. The maximum atomic E-state index is 12.6. The molecule has 1 N–H and O–H groups in total. The van der Waals surface area contributed by atoms with Gasteiger partial charge in [0.25, 0.3) is 5.91 Å². The number of carbonyl (C=O) groups is 1. The molecule has 140 valence electrons.